The fraction of sp³-hybridized carbons (Fsp3) is 0. The first-order valence-corrected chi connectivity index (χ1v) is 2.55. The third kappa shape index (κ3) is 0.877. The minimum Gasteiger partial charge on any atom is -0.503 e. The number of nitrogens with two attached hydrogens (primary N) is 1. The molecule has 0 saturated carbocycles. The number of hydrogen-bond acceptors (Lipinski definition) is 2. The van der Waals surface area contributed by atoms with Crippen LogP contribution >= 0.6 is 0 Å². The van der Waals surface area contributed by atoms with E-state index in [1.54, 1.807) is 0 Å². The van der Waals surface area contributed by atoms with Crippen molar-refractivity contribution < 1.29 is 13.9 Å². The highest BCUT2D eigenvalue weighted by Gasteiger charge is 2.08. The Kier molecular flexibility index (Phi) is 1.45. The summed E-state index contributed by atoms with van der Waals surface area (Å²) in [5.41, 5.74) is 4.87. The lowest BCUT2D eigenvalue weighted by atomic mass is 10.3. The van der Waals surface area contributed by atoms with Gasteiger partial charge in [0.2, 0.25) is 5.82 Å². The highest BCUT2D eigenvalue weighted by atomic mass is 19.2. The van der Waals surface area contributed by atoms with E-state index in [4.69, 9.17) is 10.8 Å². The van der Waals surface area contributed by atoms with E-state index < -0.39 is 17.4 Å². The summed E-state index contributed by atoms with van der Waals surface area (Å²) in [6.07, 6.45) is 0. The van der Waals surface area contributed by atoms with Crippen LogP contribution in [0.25, 0.3) is 0 Å². The average Bonchev–Trinajstić information content (AvgIpc) is 1.93. The molecule has 1 aromatic rings. The topological polar surface area (TPSA) is 46.2 Å². The van der Waals surface area contributed by atoms with E-state index in [9.17, 15) is 8.78 Å². The van der Waals surface area contributed by atoms with Crippen LogP contribution in [0.1, 0.15) is 0 Å². The molecule has 0 amide bonds. The maximum Gasteiger partial charge on any atom is 0.202 e. The van der Waals surface area contributed by atoms with Gasteiger partial charge in [0.15, 0.2) is 11.6 Å². The highest BCUT2D eigenvalue weighted by Crippen LogP contribution is 2.24. The second-order valence-electron chi connectivity index (χ2n) is 1.80. The molecule has 0 radical (unpaired) electrons. The Bertz CT molecular complexity index is 235. The quantitative estimate of drug-likeness (QED) is 0.426. The molecule has 0 aliphatic rings. The van der Waals surface area contributed by atoms with Crippen molar-refractivity contribution in [1.82, 2.24) is 0 Å². The third-order valence-corrected chi connectivity index (χ3v) is 1.10. The summed E-state index contributed by atoms with van der Waals surface area (Å²) in [5, 5.41) is 8.65. The molecule has 10 heavy (non-hydrogen) atoms. The van der Waals surface area contributed by atoms with Crippen LogP contribution in [0.15, 0.2) is 12.1 Å². The standard InChI is InChI=1S/C6H5F2NO/c7-3-1-2-4(9)6(10)5(3)8/h1-2,10H,9H2. The number of benzene rings is 1. The van der Waals surface area contributed by atoms with Crippen molar-refractivity contribution in [3.05, 3.63) is 23.8 Å². The molecule has 0 bridgehead atoms. The van der Waals surface area contributed by atoms with Gasteiger partial charge in [-0.05, 0) is 12.1 Å². The number of aromatic hydroxyl groups is 1. The summed E-state index contributed by atoms with van der Waals surface area (Å²) in [6.45, 7) is 0. The van der Waals surface area contributed by atoms with Crippen molar-refractivity contribution in [1.29, 1.82) is 0 Å². The maximum absolute atomic E-state index is 12.3. The molecule has 4 heteroatoms. The molecule has 3 N–H and O–H groups in total. The Labute approximate surface area is 55.9 Å². The van der Waals surface area contributed by atoms with Gasteiger partial charge in [-0.3, -0.25) is 0 Å². The third-order valence-electron chi connectivity index (χ3n) is 1.10. The van der Waals surface area contributed by atoms with Gasteiger partial charge in [0.05, 0.1) is 5.69 Å². The van der Waals surface area contributed by atoms with E-state index >= 15 is 0 Å². The molecule has 0 aromatic heterocycles. The van der Waals surface area contributed by atoms with Crippen molar-refractivity contribution in [2.75, 3.05) is 5.73 Å². The first-order valence-electron chi connectivity index (χ1n) is 2.55. The molecule has 0 fully saturated rings. The molecule has 0 unspecified atom stereocenters. The van der Waals surface area contributed by atoms with Crippen LogP contribution in [-0.2, 0) is 0 Å². The minimum absolute atomic E-state index is 0.168. The van der Waals surface area contributed by atoms with Gasteiger partial charge in [0.1, 0.15) is 0 Å². The van der Waals surface area contributed by atoms with E-state index in [2.05, 4.69) is 0 Å². The first-order chi connectivity index (χ1) is 4.63. The average molecular weight is 145 g/mol. The molecule has 0 aliphatic carbocycles. The molecule has 0 heterocycles. The Balaban J connectivity index is 3.34. The molecule has 0 aliphatic heterocycles. The van der Waals surface area contributed by atoms with Crippen LogP contribution < -0.4 is 5.73 Å². The van der Waals surface area contributed by atoms with E-state index in [1.807, 2.05) is 0 Å². The maximum atomic E-state index is 12.3. The highest BCUT2D eigenvalue weighted by molar-refractivity contribution is 5.51. The number of anilines is 1. The fourth-order valence-electron chi connectivity index (χ4n) is 0.555. The van der Waals surface area contributed by atoms with Gasteiger partial charge in [-0.15, -0.1) is 0 Å². The van der Waals surface area contributed by atoms with E-state index in [0.717, 1.165) is 12.1 Å². The van der Waals surface area contributed by atoms with Crippen LogP contribution in [0.3, 0.4) is 0 Å². The van der Waals surface area contributed by atoms with E-state index in [0.29, 0.717) is 0 Å². The molecular weight excluding hydrogens is 140 g/mol. The Morgan fingerprint density at radius 1 is 1.30 bits per heavy atom. The summed E-state index contributed by atoms with van der Waals surface area (Å²) in [7, 11) is 0. The Morgan fingerprint density at radius 2 is 1.90 bits per heavy atom. The van der Waals surface area contributed by atoms with Gasteiger partial charge in [0, 0.05) is 0 Å². The van der Waals surface area contributed by atoms with Crippen molar-refractivity contribution in [3.8, 4) is 5.75 Å². The summed E-state index contributed by atoms with van der Waals surface area (Å²) in [6, 6.07) is 1.94. The SMILES string of the molecule is Nc1ccc(F)c(F)c1O. The number of nitrogen functional groups attached to an aromatic ring is 1. The van der Waals surface area contributed by atoms with Crippen molar-refractivity contribution in [2.24, 2.45) is 0 Å². The number of hydrogen-bond donors (Lipinski definition) is 2. The second-order valence-corrected chi connectivity index (χ2v) is 1.80. The van der Waals surface area contributed by atoms with Crippen LogP contribution in [0, 0.1) is 11.6 Å². The van der Waals surface area contributed by atoms with Crippen molar-refractivity contribution >= 4 is 5.69 Å². The molecule has 1 aromatic carbocycles. The lowest BCUT2D eigenvalue weighted by Crippen LogP contribution is -1.90. The van der Waals surface area contributed by atoms with Crippen LogP contribution in [-0.4, -0.2) is 5.11 Å². The van der Waals surface area contributed by atoms with Crippen LogP contribution in [0.5, 0.6) is 5.75 Å². The zero-order valence-corrected chi connectivity index (χ0v) is 4.94. The normalized spacial score (nSPS) is 9.80. The largest absolute Gasteiger partial charge is 0.503 e. The van der Waals surface area contributed by atoms with Gasteiger partial charge in [-0.1, -0.05) is 0 Å². The molecular formula is C6H5F2NO. The van der Waals surface area contributed by atoms with E-state index in [-0.39, 0.29) is 5.69 Å². The van der Waals surface area contributed by atoms with Gasteiger partial charge < -0.3 is 10.8 Å². The van der Waals surface area contributed by atoms with Gasteiger partial charge >= 0.3 is 0 Å². The molecule has 1 rings (SSSR count). The molecule has 54 valence electrons. The van der Waals surface area contributed by atoms with Gasteiger partial charge in [0.25, 0.3) is 0 Å². The first kappa shape index (κ1) is 6.80. The van der Waals surface area contributed by atoms with Crippen molar-refractivity contribution in [2.45, 2.75) is 0 Å². The Morgan fingerprint density at radius 3 is 2.40 bits per heavy atom. The monoisotopic (exact) mass is 145 g/mol. The van der Waals surface area contributed by atoms with Crippen molar-refractivity contribution in [3.63, 3.8) is 0 Å². The lowest BCUT2D eigenvalue weighted by molar-refractivity contribution is 0.409. The van der Waals surface area contributed by atoms with Crippen LogP contribution in [0.2, 0.25) is 0 Å². The summed E-state index contributed by atoms with van der Waals surface area (Å²) < 4.78 is 24.5. The zero-order valence-electron chi connectivity index (χ0n) is 4.94. The fourth-order valence-corrected chi connectivity index (χ4v) is 0.555. The molecule has 0 saturated heterocycles. The Hall–Kier alpha value is -1.32. The summed E-state index contributed by atoms with van der Waals surface area (Å²) in [4.78, 5) is 0. The van der Waals surface area contributed by atoms with Gasteiger partial charge in [-0.25, -0.2) is 4.39 Å². The summed E-state index contributed by atoms with van der Waals surface area (Å²) in [5.74, 6) is -3.24. The minimum atomic E-state index is -1.31. The second kappa shape index (κ2) is 2.13. The molecule has 0 atom stereocenters. The number of rotatable bonds is 0. The van der Waals surface area contributed by atoms with Crippen LogP contribution in [0.4, 0.5) is 14.5 Å². The number of phenolic OH excluding ortho intramolecular Hbond substituents is 1. The van der Waals surface area contributed by atoms with E-state index in [1.165, 1.54) is 0 Å². The lowest BCUT2D eigenvalue weighted by Gasteiger charge is -1.98. The smallest absolute Gasteiger partial charge is 0.202 e. The number of halogens is 2. The molecule has 0 spiro atoms. The predicted octanol–water partition coefficient (Wildman–Crippen LogP) is 1.25. The zero-order chi connectivity index (χ0) is 7.72. The molecule has 2 nitrogen and oxygen atoms in total. The summed E-state index contributed by atoms with van der Waals surface area (Å²) >= 11 is 0. The predicted molar refractivity (Wildman–Crippen MR) is 32.4 cm³/mol. The van der Waals surface area contributed by atoms with Gasteiger partial charge in [-0.2, -0.15) is 4.39 Å². The number of phenols is 1.